The van der Waals surface area contributed by atoms with Crippen LogP contribution in [0.25, 0.3) is 0 Å². The van der Waals surface area contributed by atoms with Gasteiger partial charge in [0, 0.05) is 24.1 Å². The Morgan fingerprint density at radius 1 is 1.26 bits per heavy atom. The van der Waals surface area contributed by atoms with Crippen molar-refractivity contribution in [2.75, 3.05) is 10.6 Å². The van der Waals surface area contributed by atoms with Crippen molar-refractivity contribution < 1.29 is 9.90 Å². The van der Waals surface area contributed by atoms with Crippen molar-refractivity contribution in [2.45, 2.75) is 19.6 Å². The van der Waals surface area contributed by atoms with E-state index in [1.807, 2.05) is 0 Å². The number of amides is 1. The molecule has 0 spiro atoms. The topological polar surface area (TPSA) is 92.1 Å². The Morgan fingerprint density at radius 2 is 2.00 bits per heavy atom. The number of carbonyl (C=O) groups excluding carboxylic acids is 1. The van der Waals surface area contributed by atoms with E-state index in [2.05, 4.69) is 20.7 Å². The Labute approximate surface area is 165 Å². The summed E-state index contributed by atoms with van der Waals surface area (Å²) in [6.07, 6.45) is 4.44. The number of halogens is 2. The van der Waals surface area contributed by atoms with Crippen LogP contribution in [-0.4, -0.2) is 31.9 Å². The molecule has 0 saturated carbocycles. The van der Waals surface area contributed by atoms with Crippen molar-refractivity contribution in [3.8, 4) is 0 Å². The summed E-state index contributed by atoms with van der Waals surface area (Å²) < 4.78 is 1.62. The number of aliphatic hydroxyl groups excluding tert-OH is 1. The van der Waals surface area contributed by atoms with Crippen molar-refractivity contribution in [3.05, 3.63) is 64.5 Å². The predicted molar refractivity (Wildman–Crippen MR) is 106 cm³/mol. The lowest BCUT2D eigenvalue weighted by atomic mass is 10.2. The number of anilines is 3. The minimum absolute atomic E-state index is 0.214. The molecule has 3 rings (SSSR count). The zero-order chi connectivity index (χ0) is 19.4. The van der Waals surface area contributed by atoms with Crippen molar-refractivity contribution in [1.82, 2.24) is 14.8 Å². The fourth-order valence-electron chi connectivity index (χ4n) is 2.43. The van der Waals surface area contributed by atoms with Crippen LogP contribution >= 0.6 is 23.2 Å². The van der Waals surface area contributed by atoms with Gasteiger partial charge in [0.25, 0.3) is 5.91 Å². The summed E-state index contributed by atoms with van der Waals surface area (Å²) in [4.78, 5) is 16.7. The number of nitrogens with zero attached hydrogens (tertiary/aromatic N) is 3. The van der Waals surface area contributed by atoms with E-state index < -0.39 is 12.0 Å². The van der Waals surface area contributed by atoms with Gasteiger partial charge >= 0.3 is 0 Å². The van der Waals surface area contributed by atoms with E-state index in [4.69, 9.17) is 23.2 Å². The first kappa shape index (κ1) is 19.2. The molecule has 0 saturated heterocycles. The van der Waals surface area contributed by atoms with Gasteiger partial charge in [-0.2, -0.15) is 5.10 Å². The summed E-state index contributed by atoms with van der Waals surface area (Å²) in [5, 5.41) is 20.0. The lowest BCUT2D eigenvalue weighted by Gasteiger charge is -2.10. The monoisotopic (exact) mass is 405 g/mol. The van der Waals surface area contributed by atoms with Gasteiger partial charge in [0.2, 0.25) is 0 Å². The van der Waals surface area contributed by atoms with Crippen LogP contribution < -0.4 is 10.6 Å². The molecule has 2 heterocycles. The lowest BCUT2D eigenvalue weighted by molar-refractivity contribution is 0.102. The molecule has 1 aromatic carbocycles. The maximum Gasteiger partial charge on any atom is 0.258 e. The average Bonchev–Trinajstić information content (AvgIpc) is 3.01. The molecule has 0 aliphatic carbocycles. The number of hydrogen-bond acceptors (Lipinski definition) is 5. The Morgan fingerprint density at radius 3 is 2.70 bits per heavy atom. The van der Waals surface area contributed by atoms with Crippen LogP contribution in [0.15, 0.2) is 48.9 Å². The van der Waals surface area contributed by atoms with Crippen LogP contribution in [0.4, 0.5) is 17.2 Å². The molecule has 0 fully saturated rings. The molecule has 140 valence electrons. The molecule has 0 radical (unpaired) electrons. The van der Waals surface area contributed by atoms with Gasteiger partial charge in [0.15, 0.2) is 0 Å². The van der Waals surface area contributed by atoms with Crippen molar-refractivity contribution in [3.63, 3.8) is 0 Å². The molecule has 3 aromatic rings. The van der Waals surface area contributed by atoms with Gasteiger partial charge in [-0.25, -0.2) is 4.98 Å². The molecule has 1 amide bonds. The minimum atomic E-state index is -0.494. The molecule has 2 aromatic heterocycles. The number of pyridine rings is 1. The Bertz CT molecular complexity index is 938. The molecule has 9 heteroatoms. The van der Waals surface area contributed by atoms with E-state index in [0.717, 1.165) is 0 Å². The Kier molecular flexibility index (Phi) is 5.95. The number of carbonyl (C=O) groups is 1. The summed E-state index contributed by atoms with van der Waals surface area (Å²) in [5.41, 5.74) is 1.46. The van der Waals surface area contributed by atoms with Gasteiger partial charge in [-0.3, -0.25) is 9.48 Å². The van der Waals surface area contributed by atoms with Gasteiger partial charge in [-0.05, 0) is 25.1 Å². The zero-order valence-electron chi connectivity index (χ0n) is 14.4. The number of benzene rings is 1. The Balaban J connectivity index is 1.72. The van der Waals surface area contributed by atoms with Crippen molar-refractivity contribution >= 4 is 46.3 Å². The third-order valence-electron chi connectivity index (χ3n) is 3.56. The van der Waals surface area contributed by atoms with Gasteiger partial charge in [-0.1, -0.05) is 29.3 Å². The van der Waals surface area contributed by atoms with E-state index >= 15 is 0 Å². The molecule has 1 unspecified atom stereocenters. The molecular weight excluding hydrogens is 389 g/mol. The summed E-state index contributed by atoms with van der Waals surface area (Å²) in [5.74, 6) is 0.113. The first-order valence-electron chi connectivity index (χ1n) is 8.11. The number of aromatic nitrogens is 3. The van der Waals surface area contributed by atoms with Crippen molar-refractivity contribution in [1.29, 1.82) is 0 Å². The summed E-state index contributed by atoms with van der Waals surface area (Å²) in [7, 11) is 0. The van der Waals surface area contributed by atoms with Crippen molar-refractivity contribution in [2.24, 2.45) is 0 Å². The van der Waals surface area contributed by atoms with E-state index in [-0.39, 0.29) is 15.6 Å². The molecule has 27 heavy (non-hydrogen) atoms. The second kappa shape index (κ2) is 8.39. The standard InChI is InChI=1S/C18H17Cl2N5O2/c1-11(26)9-25-10-13(8-22-25)23-16-7-12(5-6-21-16)24-18(27)17-14(19)3-2-4-15(17)20/h2-8,10-11,26H,9H2,1H3,(H2,21,23,24,27). The van der Waals surface area contributed by atoms with Gasteiger partial charge < -0.3 is 15.7 Å². The normalized spacial score (nSPS) is 11.9. The summed E-state index contributed by atoms with van der Waals surface area (Å²) in [6.45, 7) is 2.08. The second-order valence-corrected chi connectivity index (χ2v) is 6.72. The highest BCUT2D eigenvalue weighted by Gasteiger charge is 2.15. The number of nitrogens with one attached hydrogen (secondary N) is 2. The van der Waals surface area contributed by atoms with Crippen LogP contribution in [0.5, 0.6) is 0 Å². The largest absolute Gasteiger partial charge is 0.391 e. The highest BCUT2D eigenvalue weighted by Crippen LogP contribution is 2.26. The van der Waals surface area contributed by atoms with Crippen LogP contribution in [0.2, 0.25) is 10.0 Å². The number of aliphatic hydroxyl groups is 1. The SMILES string of the molecule is CC(O)Cn1cc(Nc2cc(NC(=O)c3c(Cl)cccc3Cl)ccn2)cn1. The lowest BCUT2D eigenvalue weighted by Crippen LogP contribution is -2.13. The summed E-state index contributed by atoms with van der Waals surface area (Å²) in [6, 6.07) is 8.21. The van der Waals surface area contributed by atoms with Crippen LogP contribution in [-0.2, 0) is 6.54 Å². The minimum Gasteiger partial charge on any atom is -0.391 e. The summed E-state index contributed by atoms with van der Waals surface area (Å²) >= 11 is 12.1. The molecule has 0 bridgehead atoms. The fraction of sp³-hybridized carbons (Fsp3) is 0.167. The fourth-order valence-corrected chi connectivity index (χ4v) is 3.00. The zero-order valence-corrected chi connectivity index (χ0v) is 15.9. The predicted octanol–water partition coefficient (Wildman–Crippen LogP) is 3.96. The third-order valence-corrected chi connectivity index (χ3v) is 4.19. The van der Waals surface area contributed by atoms with Gasteiger partial charge in [0.1, 0.15) is 5.82 Å². The van der Waals surface area contributed by atoms with Gasteiger partial charge in [-0.15, -0.1) is 0 Å². The van der Waals surface area contributed by atoms with E-state index in [0.29, 0.717) is 23.7 Å². The molecule has 0 aliphatic heterocycles. The molecule has 1 atom stereocenters. The molecule has 7 nitrogen and oxygen atoms in total. The first-order valence-corrected chi connectivity index (χ1v) is 8.87. The quantitative estimate of drug-likeness (QED) is 0.576. The number of hydrogen-bond donors (Lipinski definition) is 3. The molecule has 3 N–H and O–H groups in total. The molecule has 0 aliphatic rings. The highest BCUT2D eigenvalue weighted by atomic mass is 35.5. The maximum atomic E-state index is 12.5. The Hall–Kier alpha value is -2.61. The number of rotatable bonds is 6. The molecular formula is C18H17Cl2N5O2. The van der Waals surface area contributed by atoms with Crippen LogP contribution in [0.1, 0.15) is 17.3 Å². The van der Waals surface area contributed by atoms with Crippen LogP contribution in [0, 0.1) is 0 Å². The van der Waals surface area contributed by atoms with E-state index in [1.54, 1.807) is 60.5 Å². The van der Waals surface area contributed by atoms with E-state index in [9.17, 15) is 9.90 Å². The van der Waals surface area contributed by atoms with Gasteiger partial charge in [0.05, 0.1) is 40.1 Å². The first-order chi connectivity index (χ1) is 12.9. The van der Waals surface area contributed by atoms with Crippen LogP contribution in [0.3, 0.4) is 0 Å². The third kappa shape index (κ3) is 4.97. The maximum absolute atomic E-state index is 12.5. The highest BCUT2D eigenvalue weighted by molar-refractivity contribution is 6.40. The average molecular weight is 406 g/mol. The van der Waals surface area contributed by atoms with E-state index in [1.165, 1.54) is 0 Å². The second-order valence-electron chi connectivity index (χ2n) is 5.91. The smallest absolute Gasteiger partial charge is 0.258 e.